The van der Waals surface area contributed by atoms with E-state index in [2.05, 4.69) is 10.3 Å². The minimum absolute atomic E-state index is 0.130. The van der Waals surface area contributed by atoms with E-state index in [9.17, 15) is 9.59 Å². The van der Waals surface area contributed by atoms with Crippen molar-refractivity contribution in [2.75, 3.05) is 12.1 Å². The highest BCUT2D eigenvalue weighted by Crippen LogP contribution is 2.32. The molecule has 2 aromatic heterocycles. The predicted molar refractivity (Wildman–Crippen MR) is 115 cm³/mol. The van der Waals surface area contributed by atoms with Crippen LogP contribution in [0.3, 0.4) is 0 Å². The van der Waals surface area contributed by atoms with E-state index in [4.69, 9.17) is 14.2 Å². The van der Waals surface area contributed by atoms with Crippen LogP contribution in [0.4, 0.5) is 5.69 Å². The molecule has 0 aliphatic carbocycles. The second-order valence-corrected chi connectivity index (χ2v) is 8.13. The van der Waals surface area contributed by atoms with E-state index in [1.165, 1.54) is 21.8 Å². The Balaban J connectivity index is 1.23. The van der Waals surface area contributed by atoms with Gasteiger partial charge in [0.05, 0.1) is 5.69 Å². The number of rotatable bonds is 5. The van der Waals surface area contributed by atoms with Crippen LogP contribution in [0.5, 0.6) is 17.2 Å². The van der Waals surface area contributed by atoms with Gasteiger partial charge in [-0.1, -0.05) is 0 Å². The molecule has 0 bridgehead atoms. The molecule has 0 saturated carbocycles. The average molecular weight is 435 g/mol. The lowest BCUT2D eigenvalue weighted by Gasteiger charge is -2.09. The van der Waals surface area contributed by atoms with Crippen molar-refractivity contribution >= 4 is 27.9 Å². The molecular weight excluding hydrogens is 418 g/mol. The number of ether oxygens (including phenoxy) is 3. The molecule has 1 aliphatic heterocycles. The number of anilines is 1. The van der Waals surface area contributed by atoms with Gasteiger partial charge in [0.1, 0.15) is 12.4 Å². The monoisotopic (exact) mass is 435 g/mol. The number of nitrogens with zero attached hydrogens (tertiary/aromatic N) is 2. The molecule has 5 rings (SSSR count). The second-order valence-electron chi connectivity index (χ2n) is 6.92. The molecule has 31 heavy (non-hydrogen) atoms. The third-order valence-electron chi connectivity index (χ3n) is 4.67. The lowest BCUT2D eigenvalue weighted by molar-refractivity contribution is 0.102. The van der Waals surface area contributed by atoms with E-state index in [-0.39, 0.29) is 24.9 Å². The molecular formula is C22H17N3O5S. The lowest BCUT2D eigenvalue weighted by Crippen LogP contribution is -2.14. The molecule has 8 nitrogen and oxygen atoms in total. The third kappa shape index (κ3) is 3.95. The third-order valence-corrected chi connectivity index (χ3v) is 5.57. The van der Waals surface area contributed by atoms with Crippen molar-refractivity contribution in [2.24, 2.45) is 0 Å². The summed E-state index contributed by atoms with van der Waals surface area (Å²) < 4.78 is 17.8. The van der Waals surface area contributed by atoms with Gasteiger partial charge in [-0.05, 0) is 49.4 Å². The van der Waals surface area contributed by atoms with Crippen molar-refractivity contribution in [1.29, 1.82) is 0 Å². The summed E-state index contributed by atoms with van der Waals surface area (Å²) in [5.74, 6) is 1.53. The van der Waals surface area contributed by atoms with Crippen LogP contribution in [0.25, 0.3) is 4.96 Å². The molecule has 1 amide bonds. The van der Waals surface area contributed by atoms with Crippen molar-refractivity contribution in [3.63, 3.8) is 0 Å². The number of nitrogens with one attached hydrogen (secondary N) is 1. The van der Waals surface area contributed by atoms with Crippen molar-refractivity contribution in [1.82, 2.24) is 9.38 Å². The quantitative estimate of drug-likeness (QED) is 0.515. The summed E-state index contributed by atoms with van der Waals surface area (Å²) in [6.45, 7) is 2.26. The lowest BCUT2D eigenvalue weighted by atomic mass is 10.2. The van der Waals surface area contributed by atoms with E-state index >= 15 is 0 Å². The average Bonchev–Trinajstić information content (AvgIpc) is 3.38. The highest BCUT2D eigenvalue weighted by molar-refractivity contribution is 7.16. The van der Waals surface area contributed by atoms with Crippen molar-refractivity contribution < 1.29 is 19.0 Å². The highest BCUT2D eigenvalue weighted by Gasteiger charge is 2.16. The molecule has 4 aromatic rings. The van der Waals surface area contributed by atoms with Gasteiger partial charge in [0.2, 0.25) is 6.79 Å². The van der Waals surface area contributed by atoms with Gasteiger partial charge >= 0.3 is 0 Å². The van der Waals surface area contributed by atoms with Crippen LogP contribution in [0.2, 0.25) is 0 Å². The zero-order valence-corrected chi connectivity index (χ0v) is 17.3. The van der Waals surface area contributed by atoms with Gasteiger partial charge in [0.25, 0.3) is 11.5 Å². The summed E-state index contributed by atoms with van der Waals surface area (Å²) in [5, 5.41) is 2.83. The summed E-state index contributed by atoms with van der Waals surface area (Å²) in [6.07, 6.45) is 1.77. The topological polar surface area (TPSA) is 91.2 Å². The first-order chi connectivity index (χ1) is 15.0. The van der Waals surface area contributed by atoms with Crippen LogP contribution in [0.1, 0.15) is 20.9 Å². The van der Waals surface area contributed by atoms with E-state index in [0.717, 1.165) is 4.88 Å². The zero-order chi connectivity index (χ0) is 21.4. The molecule has 2 aromatic carbocycles. The van der Waals surface area contributed by atoms with Crippen LogP contribution < -0.4 is 25.1 Å². The molecule has 1 aliphatic rings. The van der Waals surface area contributed by atoms with Gasteiger partial charge in [0, 0.05) is 28.4 Å². The van der Waals surface area contributed by atoms with Gasteiger partial charge in [0.15, 0.2) is 16.5 Å². The Morgan fingerprint density at radius 2 is 1.97 bits per heavy atom. The van der Waals surface area contributed by atoms with E-state index in [0.29, 0.717) is 39.2 Å². The fourth-order valence-corrected chi connectivity index (χ4v) is 4.02. The smallest absolute Gasteiger partial charge is 0.258 e. The first kappa shape index (κ1) is 19.1. The Morgan fingerprint density at radius 3 is 2.81 bits per heavy atom. The SMILES string of the molecule is Cc1cn2c(=O)cc(COc3ccc(NC(=O)c4ccc5c(c4)OCO5)cc3)nc2s1. The van der Waals surface area contributed by atoms with Gasteiger partial charge in [-0.25, -0.2) is 4.98 Å². The Hall–Kier alpha value is -3.85. The summed E-state index contributed by atoms with van der Waals surface area (Å²) >= 11 is 1.46. The molecule has 0 atom stereocenters. The predicted octanol–water partition coefficient (Wildman–Crippen LogP) is 3.62. The van der Waals surface area contributed by atoms with Gasteiger partial charge in [-0.2, -0.15) is 0 Å². The van der Waals surface area contributed by atoms with Crippen molar-refractivity contribution in [3.8, 4) is 17.2 Å². The van der Waals surface area contributed by atoms with Crippen molar-refractivity contribution in [2.45, 2.75) is 13.5 Å². The molecule has 1 N–H and O–H groups in total. The fraction of sp³-hybridized carbons (Fsp3) is 0.136. The number of benzene rings is 2. The largest absolute Gasteiger partial charge is 0.487 e. The first-order valence-corrected chi connectivity index (χ1v) is 10.3. The number of fused-ring (bicyclic) bond motifs is 2. The van der Waals surface area contributed by atoms with Gasteiger partial charge in [-0.3, -0.25) is 14.0 Å². The summed E-state index contributed by atoms with van der Waals surface area (Å²) in [5.41, 5.74) is 1.53. The number of aromatic nitrogens is 2. The summed E-state index contributed by atoms with van der Waals surface area (Å²) in [4.78, 5) is 30.8. The normalized spacial score (nSPS) is 12.2. The maximum Gasteiger partial charge on any atom is 0.258 e. The number of amides is 1. The fourth-order valence-electron chi connectivity index (χ4n) is 3.17. The number of aryl methyl sites for hydroxylation is 1. The van der Waals surface area contributed by atoms with Crippen LogP contribution in [-0.4, -0.2) is 22.1 Å². The number of carbonyl (C=O) groups is 1. The molecule has 0 spiro atoms. The second kappa shape index (κ2) is 7.77. The van der Waals surface area contributed by atoms with E-state index in [1.807, 2.05) is 6.92 Å². The maximum atomic E-state index is 12.5. The van der Waals surface area contributed by atoms with E-state index < -0.39 is 0 Å². The molecule has 0 unspecified atom stereocenters. The van der Waals surface area contributed by atoms with Gasteiger partial charge < -0.3 is 19.5 Å². The molecule has 0 fully saturated rings. The first-order valence-electron chi connectivity index (χ1n) is 9.48. The molecule has 0 saturated heterocycles. The summed E-state index contributed by atoms with van der Waals surface area (Å²) in [7, 11) is 0. The number of hydrogen-bond acceptors (Lipinski definition) is 7. The van der Waals surface area contributed by atoms with E-state index in [1.54, 1.807) is 48.7 Å². The Morgan fingerprint density at radius 1 is 1.16 bits per heavy atom. The van der Waals surface area contributed by atoms with Crippen molar-refractivity contribution in [3.05, 3.63) is 81.2 Å². The van der Waals surface area contributed by atoms with Crippen LogP contribution in [-0.2, 0) is 6.61 Å². The number of carbonyl (C=O) groups excluding carboxylic acids is 1. The Bertz CT molecular complexity index is 1340. The molecule has 3 heterocycles. The minimum Gasteiger partial charge on any atom is -0.487 e. The van der Waals surface area contributed by atoms with Crippen LogP contribution >= 0.6 is 11.3 Å². The highest BCUT2D eigenvalue weighted by atomic mass is 32.1. The Labute approximate surface area is 180 Å². The molecule has 9 heteroatoms. The van der Waals surface area contributed by atoms with Crippen LogP contribution in [0.15, 0.2) is 59.5 Å². The number of thiazole rings is 1. The standard InChI is InChI=1S/C22H17N3O5S/c1-13-10-25-20(26)9-16(24-22(25)31-13)11-28-17-5-3-15(4-6-17)23-21(27)14-2-7-18-19(8-14)30-12-29-18/h2-10H,11-12H2,1H3,(H,23,27). The minimum atomic E-state index is -0.254. The Kier molecular flexibility index (Phi) is 4.79. The molecule has 156 valence electrons. The molecule has 0 radical (unpaired) electrons. The van der Waals surface area contributed by atoms with Gasteiger partial charge in [-0.15, -0.1) is 11.3 Å². The number of hydrogen-bond donors (Lipinski definition) is 1. The summed E-state index contributed by atoms with van der Waals surface area (Å²) in [6, 6.07) is 13.5. The zero-order valence-electron chi connectivity index (χ0n) is 16.5. The maximum absolute atomic E-state index is 12.5. The van der Waals surface area contributed by atoms with Crippen LogP contribution in [0, 0.1) is 6.92 Å².